The van der Waals surface area contributed by atoms with Crippen molar-refractivity contribution >= 4 is 11.6 Å². The number of benzene rings is 1. The second-order valence-corrected chi connectivity index (χ2v) is 6.74. The standard InChI is InChI=1S/C19H16F4N4O/c20-16-5-6-17-24-15(11-27(17)25-16)18(28)26-9-7-12(8-10-26)13-3-1-2-4-14(13)19(21,22)23/h1-6,11-12H,7-10H2. The first-order chi connectivity index (χ1) is 13.3. The summed E-state index contributed by atoms with van der Waals surface area (Å²) in [5.74, 6) is -1.29. The molecule has 2 aromatic heterocycles. The number of likely N-dealkylation sites (tertiary alicyclic amines) is 1. The molecule has 0 bridgehead atoms. The molecule has 3 heterocycles. The summed E-state index contributed by atoms with van der Waals surface area (Å²) in [6.07, 6.45) is -2.19. The molecule has 5 nitrogen and oxygen atoms in total. The van der Waals surface area contributed by atoms with Gasteiger partial charge in [-0.3, -0.25) is 4.79 Å². The zero-order chi connectivity index (χ0) is 19.9. The van der Waals surface area contributed by atoms with Gasteiger partial charge in [-0.05, 0) is 42.5 Å². The predicted molar refractivity (Wildman–Crippen MR) is 92.3 cm³/mol. The van der Waals surface area contributed by atoms with Crippen LogP contribution in [0.4, 0.5) is 17.6 Å². The summed E-state index contributed by atoms with van der Waals surface area (Å²) < 4.78 is 54.1. The van der Waals surface area contributed by atoms with Gasteiger partial charge in [0.25, 0.3) is 5.91 Å². The van der Waals surface area contributed by atoms with E-state index in [-0.39, 0.29) is 23.1 Å². The van der Waals surface area contributed by atoms with Crippen LogP contribution >= 0.6 is 0 Å². The molecule has 0 N–H and O–H groups in total. The maximum atomic E-state index is 13.3. The van der Waals surface area contributed by atoms with Gasteiger partial charge in [0.1, 0.15) is 5.69 Å². The molecule has 4 rings (SSSR count). The van der Waals surface area contributed by atoms with E-state index in [1.807, 2.05) is 0 Å². The van der Waals surface area contributed by atoms with Crippen molar-refractivity contribution < 1.29 is 22.4 Å². The largest absolute Gasteiger partial charge is 0.416 e. The number of fused-ring (bicyclic) bond motifs is 1. The highest BCUT2D eigenvalue weighted by Crippen LogP contribution is 2.38. The number of rotatable bonds is 2. The lowest BCUT2D eigenvalue weighted by atomic mass is 9.86. The Labute approximate surface area is 157 Å². The normalized spacial score (nSPS) is 15.9. The molecule has 28 heavy (non-hydrogen) atoms. The first kappa shape index (κ1) is 18.4. The fourth-order valence-corrected chi connectivity index (χ4v) is 3.63. The summed E-state index contributed by atoms with van der Waals surface area (Å²) >= 11 is 0. The summed E-state index contributed by atoms with van der Waals surface area (Å²) in [6, 6.07) is 8.15. The van der Waals surface area contributed by atoms with Crippen LogP contribution in [0.1, 0.15) is 40.4 Å². The van der Waals surface area contributed by atoms with Gasteiger partial charge in [0.05, 0.1) is 11.8 Å². The Hall–Kier alpha value is -2.97. The first-order valence-corrected chi connectivity index (χ1v) is 8.80. The highest BCUT2D eigenvalue weighted by atomic mass is 19.4. The second-order valence-electron chi connectivity index (χ2n) is 6.74. The van der Waals surface area contributed by atoms with Gasteiger partial charge < -0.3 is 4.90 Å². The van der Waals surface area contributed by atoms with Crippen molar-refractivity contribution in [3.8, 4) is 0 Å². The lowest BCUT2D eigenvalue weighted by molar-refractivity contribution is -0.138. The molecule has 1 amide bonds. The Balaban J connectivity index is 1.49. The van der Waals surface area contributed by atoms with Crippen LogP contribution in [0.2, 0.25) is 0 Å². The molecule has 0 unspecified atom stereocenters. The van der Waals surface area contributed by atoms with Crippen LogP contribution in [0, 0.1) is 5.95 Å². The lowest BCUT2D eigenvalue weighted by Gasteiger charge is -2.32. The highest BCUT2D eigenvalue weighted by Gasteiger charge is 2.36. The van der Waals surface area contributed by atoms with E-state index in [0.717, 1.165) is 12.1 Å². The van der Waals surface area contributed by atoms with Crippen molar-refractivity contribution in [3.05, 3.63) is 65.4 Å². The second kappa shape index (κ2) is 6.88. The SMILES string of the molecule is O=C(c1cn2nc(F)ccc2n1)N1CCC(c2ccccc2C(F)(F)F)CC1. The Morgan fingerprint density at radius 2 is 1.79 bits per heavy atom. The number of hydrogen-bond acceptors (Lipinski definition) is 3. The minimum Gasteiger partial charge on any atom is -0.337 e. The van der Waals surface area contributed by atoms with E-state index < -0.39 is 17.7 Å². The summed E-state index contributed by atoms with van der Waals surface area (Å²) in [7, 11) is 0. The van der Waals surface area contributed by atoms with Crippen molar-refractivity contribution in [2.24, 2.45) is 0 Å². The minimum atomic E-state index is -4.40. The van der Waals surface area contributed by atoms with Crippen LogP contribution in [0.3, 0.4) is 0 Å². The Morgan fingerprint density at radius 3 is 2.50 bits per heavy atom. The van der Waals surface area contributed by atoms with Crippen LogP contribution in [0.5, 0.6) is 0 Å². The molecular weight excluding hydrogens is 376 g/mol. The Kier molecular flexibility index (Phi) is 4.52. The number of halogens is 4. The van der Waals surface area contributed by atoms with Crippen LogP contribution in [0.15, 0.2) is 42.6 Å². The van der Waals surface area contributed by atoms with Crippen LogP contribution in [-0.2, 0) is 6.18 Å². The van der Waals surface area contributed by atoms with Gasteiger partial charge in [0, 0.05) is 13.1 Å². The van der Waals surface area contributed by atoms with E-state index in [4.69, 9.17) is 0 Å². The molecule has 0 radical (unpaired) electrons. The summed E-state index contributed by atoms with van der Waals surface area (Å²) in [4.78, 5) is 18.4. The summed E-state index contributed by atoms with van der Waals surface area (Å²) in [6.45, 7) is 0.650. The quantitative estimate of drug-likeness (QED) is 0.622. The smallest absolute Gasteiger partial charge is 0.337 e. The zero-order valence-corrected chi connectivity index (χ0v) is 14.7. The molecule has 9 heteroatoms. The fraction of sp³-hybridized carbons (Fsp3) is 0.316. The van der Waals surface area contributed by atoms with Gasteiger partial charge in [-0.15, -0.1) is 5.10 Å². The molecule has 0 saturated carbocycles. The third kappa shape index (κ3) is 3.44. The number of piperidine rings is 1. The van der Waals surface area contributed by atoms with Crippen LogP contribution in [-0.4, -0.2) is 38.5 Å². The molecule has 0 atom stereocenters. The molecule has 1 saturated heterocycles. The maximum absolute atomic E-state index is 13.3. The van der Waals surface area contributed by atoms with Gasteiger partial charge in [0.2, 0.25) is 5.95 Å². The molecule has 3 aromatic rings. The van der Waals surface area contributed by atoms with Crippen molar-refractivity contribution in [1.29, 1.82) is 0 Å². The average Bonchev–Trinajstić information content (AvgIpc) is 3.10. The Bertz CT molecular complexity index is 1020. The molecule has 0 spiro atoms. The zero-order valence-electron chi connectivity index (χ0n) is 14.7. The van der Waals surface area contributed by atoms with Crippen molar-refractivity contribution in [1.82, 2.24) is 19.5 Å². The number of aromatic nitrogens is 3. The van der Waals surface area contributed by atoms with E-state index in [1.54, 1.807) is 11.0 Å². The van der Waals surface area contributed by atoms with Crippen molar-refractivity contribution in [2.45, 2.75) is 24.9 Å². The van der Waals surface area contributed by atoms with E-state index in [9.17, 15) is 22.4 Å². The molecular formula is C19H16F4N4O. The van der Waals surface area contributed by atoms with Gasteiger partial charge >= 0.3 is 6.18 Å². The number of nitrogens with zero attached hydrogens (tertiary/aromatic N) is 4. The first-order valence-electron chi connectivity index (χ1n) is 8.80. The predicted octanol–water partition coefficient (Wildman–Crippen LogP) is 3.91. The molecule has 0 aliphatic carbocycles. The van der Waals surface area contributed by atoms with E-state index in [1.165, 1.54) is 28.9 Å². The molecule has 1 aromatic carbocycles. The number of amides is 1. The monoisotopic (exact) mass is 392 g/mol. The van der Waals surface area contributed by atoms with Crippen LogP contribution < -0.4 is 0 Å². The average molecular weight is 392 g/mol. The molecule has 146 valence electrons. The molecule has 1 fully saturated rings. The third-order valence-corrected chi connectivity index (χ3v) is 4.99. The summed E-state index contributed by atoms with van der Waals surface area (Å²) in [5, 5.41) is 3.62. The Morgan fingerprint density at radius 1 is 1.07 bits per heavy atom. The van der Waals surface area contributed by atoms with Gasteiger partial charge in [0.15, 0.2) is 5.65 Å². The van der Waals surface area contributed by atoms with E-state index >= 15 is 0 Å². The minimum absolute atomic E-state index is 0.132. The number of hydrogen-bond donors (Lipinski definition) is 0. The number of carbonyl (C=O) groups is 1. The van der Waals surface area contributed by atoms with E-state index in [2.05, 4.69) is 10.1 Å². The van der Waals surface area contributed by atoms with Crippen molar-refractivity contribution in [2.75, 3.05) is 13.1 Å². The number of carbonyl (C=O) groups excluding carboxylic acids is 1. The topological polar surface area (TPSA) is 50.5 Å². The van der Waals surface area contributed by atoms with Gasteiger partial charge in [-0.25, -0.2) is 9.50 Å². The third-order valence-electron chi connectivity index (χ3n) is 4.99. The number of imidazole rings is 1. The summed E-state index contributed by atoms with van der Waals surface area (Å²) in [5.41, 5.74) is 0.133. The number of alkyl halides is 3. The molecule has 1 aliphatic heterocycles. The van der Waals surface area contributed by atoms with Crippen LogP contribution in [0.25, 0.3) is 5.65 Å². The highest BCUT2D eigenvalue weighted by molar-refractivity contribution is 5.93. The fourth-order valence-electron chi connectivity index (χ4n) is 3.63. The maximum Gasteiger partial charge on any atom is 0.416 e. The van der Waals surface area contributed by atoms with E-state index in [0.29, 0.717) is 31.6 Å². The van der Waals surface area contributed by atoms with Gasteiger partial charge in [-0.2, -0.15) is 17.6 Å². The van der Waals surface area contributed by atoms with Gasteiger partial charge in [-0.1, -0.05) is 18.2 Å². The lowest BCUT2D eigenvalue weighted by Crippen LogP contribution is -2.38. The molecule has 1 aliphatic rings. The van der Waals surface area contributed by atoms with Crippen molar-refractivity contribution in [3.63, 3.8) is 0 Å².